The second kappa shape index (κ2) is 9.22. The molecule has 1 fully saturated rings. The Balaban J connectivity index is 1.71. The van der Waals surface area contributed by atoms with Crippen molar-refractivity contribution in [2.75, 3.05) is 50.5 Å². The van der Waals surface area contributed by atoms with Crippen LogP contribution in [0.25, 0.3) is 10.2 Å². The third kappa shape index (κ3) is 5.07. The maximum absolute atomic E-state index is 13.4. The Hall–Kier alpha value is -2.04. The molecule has 1 saturated heterocycles. The molecular formula is C21H22ClN3O4S2. The van der Waals surface area contributed by atoms with Crippen LogP contribution >= 0.6 is 22.9 Å². The average molecular weight is 480 g/mol. The molecule has 0 N–H and O–H groups in total. The van der Waals surface area contributed by atoms with Gasteiger partial charge >= 0.3 is 0 Å². The van der Waals surface area contributed by atoms with Crippen molar-refractivity contribution in [1.82, 2.24) is 9.88 Å². The van der Waals surface area contributed by atoms with E-state index in [1.165, 1.54) is 17.4 Å². The molecule has 0 spiro atoms. The summed E-state index contributed by atoms with van der Waals surface area (Å²) in [4.78, 5) is 22.0. The minimum absolute atomic E-state index is 0.163. The first-order chi connectivity index (χ1) is 14.8. The number of ether oxygens (including phenoxy) is 1. The molecule has 164 valence electrons. The summed E-state index contributed by atoms with van der Waals surface area (Å²) in [5.74, 6) is -0.226. The Labute approximate surface area is 190 Å². The number of amides is 1. The monoisotopic (exact) mass is 479 g/mol. The predicted octanol–water partition coefficient (Wildman–Crippen LogP) is 3.33. The SMILES string of the molecule is CS(=O)(=O)c1cccc2sc(N(CCN3CCOCC3)C(=O)c3cccc(Cl)c3)nc12. The molecule has 0 atom stereocenters. The maximum atomic E-state index is 13.4. The largest absolute Gasteiger partial charge is 0.379 e. The van der Waals surface area contributed by atoms with E-state index in [0.29, 0.717) is 52.2 Å². The van der Waals surface area contributed by atoms with Crippen molar-refractivity contribution in [2.45, 2.75) is 4.90 Å². The first kappa shape index (κ1) is 22.2. The van der Waals surface area contributed by atoms with E-state index in [4.69, 9.17) is 16.3 Å². The van der Waals surface area contributed by atoms with Crippen LogP contribution in [0.15, 0.2) is 47.4 Å². The van der Waals surface area contributed by atoms with Gasteiger partial charge in [0.1, 0.15) is 5.52 Å². The van der Waals surface area contributed by atoms with Gasteiger partial charge in [-0.15, -0.1) is 0 Å². The average Bonchev–Trinajstić information content (AvgIpc) is 3.17. The van der Waals surface area contributed by atoms with Gasteiger partial charge in [-0.3, -0.25) is 14.6 Å². The van der Waals surface area contributed by atoms with E-state index in [9.17, 15) is 13.2 Å². The molecule has 10 heteroatoms. The molecule has 4 rings (SSSR count). The van der Waals surface area contributed by atoms with E-state index in [1.807, 2.05) is 6.07 Å². The van der Waals surface area contributed by atoms with E-state index in [0.717, 1.165) is 19.3 Å². The number of fused-ring (bicyclic) bond motifs is 1. The van der Waals surface area contributed by atoms with Crippen LogP contribution in [-0.2, 0) is 14.6 Å². The van der Waals surface area contributed by atoms with E-state index < -0.39 is 9.84 Å². The van der Waals surface area contributed by atoms with Gasteiger partial charge in [0.25, 0.3) is 5.91 Å². The topological polar surface area (TPSA) is 79.8 Å². The minimum atomic E-state index is -3.45. The third-order valence-electron chi connectivity index (χ3n) is 5.06. The number of carbonyl (C=O) groups is 1. The van der Waals surface area contributed by atoms with E-state index in [1.54, 1.807) is 35.2 Å². The summed E-state index contributed by atoms with van der Waals surface area (Å²) in [5.41, 5.74) is 0.845. The third-order valence-corrected chi connectivity index (χ3v) is 7.47. The highest BCUT2D eigenvalue weighted by Crippen LogP contribution is 2.33. The number of para-hydroxylation sites is 1. The van der Waals surface area contributed by atoms with Gasteiger partial charge in [-0.05, 0) is 30.3 Å². The first-order valence-electron chi connectivity index (χ1n) is 9.80. The van der Waals surface area contributed by atoms with Crippen LogP contribution < -0.4 is 4.90 Å². The number of sulfone groups is 1. The van der Waals surface area contributed by atoms with E-state index in [2.05, 4.69) is 9.88 Å². The Morgan fingerprint density at radius 1 is 1.23 bits per heavy atom. The first-order valence-corrected chi connectivity index (χ1v) is 12.9. The summed E-state index contributed by atoms with van der Waals surface area (Å²) in [6.45, 7) is 4.01. The Morgan fingerprint density at radius 2 is 1.97 bits per heavy atom. The predicted molar refractivity (Wildman–Crippen MR) is 123 cm³/mol. The van der Waals surface area contributed by atoms with Crippen LogP contribution in [-0.4, -0.2) is 69.9 Å². The van der Waals surface area contributed by atoms with Crippen molar-refractivity contribution >= 4 is 54.0 Å². The van der Waals surface area contributed by atoms with Crippen molar-refractivity contribution < 1.29 is 17.9 Å². The molecule has 2 aromatic carbocycles. The van der Waals surface area contributed by atoms with Gasteiger partial charge < -0.3 is 4.74 Å². The van der Waals surface area contributed by atoms with Crippen LogP contribution in [0.4, 0.5) is 5.13 Å². The lowest BCUT2D eigenvalue weighted by molar-refractivity contribution is 0.0391. The zero-order chi connectivity index (χ0) is 22.0. The number of nitrogens with zero attached hydrogens (tertiary/aromatic N) is 3. The van der Waals surface area contributed by atoms with Gasteiger partial charge in [-0.25, -0.2) is 13.4 Å². The van der Waals surface area contributed by atoms with Crippen LogP contribution in [0.2, 0.25) is 5.02 Å². The lowest BCUT2D eigenvalue weighted by Gasteiger charge is -2.29. The molecule has 31 heavy (non-hydrogen) atoms. The molecule has 3 aromatic rings. The summed E-state index contributed by atoms with van der Waals surface area (Å²) in [5, 5.41) is 0.937. The molecule has 0 bridgehead atoms. The number of morpholine rings is 1. The highest BCUT2D eigenvalue weighted by atomic mass is 35.5. The second-order valence-corrected chi connectivity index (χ2v) is 10.7. The highest BCUT2D eigenvalue weighted by molar-refractivity contribution is 7.91. The van der Waals surface area contributed by atoms with Gasteiger partial charge in [-0.2, -0.15) is 0 Å². The quantitative estimate of drug-likeness (QED) is 0.539. The van der Waals surface area contributed by atoms with Gasteiger partial charge in [-0.1, -0.05) is 35.1 Å². The number of benzene rings is 2. The van der Waals surface area contributed by atoms with Gasteiger partial charge in [0.2, 0.25) is 0 Å². The Morgan fingerprint density at radius 3 is 2.68 bits per heavy atom. The Bertz CT molecular complexity index is 1210. The molecular weight excluding hydrogens is 458 g/mol. The smallest absolute Gasteiger partial charge is 0.260 e. The van der Waals surface area contributed by atoms with Gasteiger partial charge in [0.05, 0.1) is 22.8 Å². The normalized spacial score (nSPS) is 15.3. The molecule has 2 heterocycles. The van der Waals surface area contributed by atoms with Crippen molar-refractivity contribution in [3.8, 4) is 0 Å². The molecule has 1 aliphatic heterocycles. The lowest BCUT2D eigenvalue weighted by Crippen LogP contribution is -2.43. The maximum Gasteiger partial charge on any atom is 0.260 e. The van der Waals surface area contributed by atoms with Crippen molar-refractivity contribution in [2.24, 2.45) is 0 Å². The van der Waals surface area contributed by atoms with Crippen LogP contribution in [0.1, 0.15) is 10.4 Å². The van der Waals surface area contributed by atoms with Crippen LogP contribution in [0.3, 0.4) is 0 Å². The summed E-state index contributed by atoms with van der Waals surface area (Å²) in [6, 6.07) is 11.8. The number of halogens is 1. The minimum Gasteiger partial charge on any atom is -0.379 e. The van der Waals surface area contributed by atoms with Gasteiger partial charge in [0.15, 0.2) is 15.0 Å². The van der Waals surface area contributed by atoms with E-state index in [-0.39, 0.29) is 10.8 Å². The Kier molecular flexibility index (Phi) is 6.59. The number of thiazole rings is 1. The fourth-order valence-electron chi connectivity index (χ4n) is 3.45. The molecule has 1 amide bonds. The summed E-state index contributed by atoms with van der Waals surface area (Å²) in [6.07, 6.45) is 1.16. The summed E-state index contributed by atoms with van der Waals surface area (Å²) >= 11 is 7.40. The molecule has 0 aliphatic carbocycles. The molecule has 1 aromatic heterocycles. The second-order valence-electron chi connectivity index (χ2n) is 7.29. The fraction of sp³-hybridized carbons (Fsp3) is 0.333. The molecule has 7 nitrogen and oxygen atoms in total. The number of anilines is 1. The number of carbonyl (C=O) groups excluding carboxylic acids is 1. The zero-order valence-electron chi connectivity index (χ0n) is 17.0. The van der Waals surface area contributed by atoms with Crippen LogP contribution in [0.5, 0.6) is 0 Å². The van der Waals surface area contributed by atoms with E-state index >= 15 is 0 Å². The molecule has 0 unspecified atom stereocenters. The molecule has 1 aliphatic rings. The number of hydrogen-bond donors (Lipinski definition) is 0. The number of rotatable bonds is 6. The number of aromatic nitrogens is 1. The van der Waals surface area contributed by atoms with Crippen molar-refractivity contribution in [1.29, 1.82) is 0 Å². The lowest BCUT2D eigenvalue weighted by atomic mass is 10.2. The van der Waals surface area contributed by atoms with Crippen molar-refractivity contribution in [3.05, 3.63) is 53.1 Å². The highest BCUT2D eigenvalue weighted by Gasteiger charge is 2.24. The van der Waals surface area contributed by atoms with Crippen LogP contribution in [0, 0.1) is 0 Å². The van der Waals surface area contributed by atoms with Crippen molar-refractivity contribution in [3.63, 3.8) is 0 Å². The summed E-state index contributed by atoms with van der Waals surface area (Å²) in [7, 11) is -3.45. The fourth-order valence-corrected chi connectivity index (χ4v) is 5.56. The molecule has 0 radical (unpaired) electrons. The summed E-state index contributed by atoms with van der Waals surface area (Å²) < 4.78 is 30.5. The standard InChI is InChI=1S/C21H22ClN3O4S2/c1-31(27,28)18-7-3-6-17-19(18)23-21(30-17)25(9-8-24-10-12-29-13-11-24)20(26)15-4-2-5-16(22)14-15/h2-7,14H,8-13H2,1H3. The zero-order valence-corrected chi connectivity index (χ0v) is 19.3. The molecule has 0 saturated carbocycles. The number of hydrogen-bond acceptors (Lipinski definition) is 7. The van der Waals surface area contributed by atoms with Gasteiger partial charge in [0, 0.05) is 43.0 Å².